The second kappa shape index (κ2) is 5.75. The van der Waals surface area contributed by atoms with Gasteiger partial charge in [-0.25, -0.2) is 0 Å². The Morgan fingerprint density at radius 1 is 1.16 bits per heavy atom. The van der Waals surface area contributed by atoms with Crippen LogP contribution in [0.25, 0.3) is 0 Å². The van der Waals surface area contributed by atoms with Crippen molar-refractivity contribution in [1.82, 2.24) is 0 Å². The van der Waals surface area contributed by atoms with Crippen LogP contribution in [0.15, 0.2) is 45.3 Å². The molecule has 0 bridgehead atoms. The Hall–Kier alpha value is -1.33. The smallest absolute Gasteiger partial charge is 0.139 e. The molecule has 3 nitrogen and oxygen atoms in total. The number of halogens is 2. The van der Waals surface area contributed by atoms with Crippen molar-refractivity contribution in [3.63, 3.8) is 0 Å². The zero-order chi connectivity index (χ0) is 14.0. The van der Waals surface area contributed by atoms with Crippen LogP contribution in [-0.2, 0) is 0 Å². The summed E-state index contributed by atoms with van der Waals surface area (Å²) in [4.78, 5) is 0. The molecule has 0 saturated heterocycles. The second-order valence-corrected chi connectivity index (χ2v) is 5.81. The van der Waals surface area contributed by atoms with Crippen LogP contribution in [0.3, 0.4) is 0 Å². The molecule has 0 saturated carbocycles. The summed E-state index contributed by atoms with van der Waals surface area (Å²) in [5, 5.41) is 7.64. The number of amidine groups is 1. The minimum atomic E-state index is -0.0323. The first-order chi connectivity index (χ1) is 8.99. The molecule has 3 N–H and O–H groups in total. The van der Waals surface area contributed by atoms with E-state index in [2.05, 4.69) is 31.9 Å². The standard InChI is InChI=1S/C14H12Br2N2O/c1-8-5-6-9(15)7-12(8)19-11-4-2-3-10(16)13(11)14(17)18/h2-7H,1H3,(H3,17,18). The maximum Gasteiger partial charge on any atom is 0.139 e. The third kappa shape index (κ3) is 3.16. The van der Waals surface area contributed by atoms with Crippen molar-refractivity contribution >= 4 is 37.7 Å². The lowest BCUT2D eigenvalue weighted by Gasteiger charge is -2.13. The maximum atomic E-state index is 7.64. The molecule has 0 spiro atoms. The first-order valence-electron chi connectivity index (χ1n) is 5.56. The lowest BCUT2D eigenvalue weighted by Crippen LogP contribution is -2.13. The zero-order valence-corrected chi connectivity index (χ0v) is 13.4. The zero-order valence-electron chi connectivity index (χ0n) is 10.2. The first kappa shape index (κ1) is 14.1. The summed E-state index contributed by atoms with van der Waals surface area (Å²) in [7, 11) is 0. The fourth-order valence-electron chi connectivity index (χ4n) is 1.65. The minimum Gasteiger partial charge on any atom is -0.456 e. The molecule has 19 heavy (non-hydrogen) atoms. The number of aryl methyl sites for hydroxylation is 1. The molecular formula is C14H12Br2N2O. The predicted molar refractivity (Wildman–Crippen MR) is 84.1 cm³/mol. The van der Waals surface area contributed by atoms with Crippen LogP contribution in [0.5, 0.6) is 11.5 Å². The third-order valence-corrected chi connectivity index (χ3v) is 3.77. The van der Waals surface area contributed by atoms with E-state index < -0.39 is 0 Å². The molecule has 2 rings (SSSR count). The van der Waals surface area contributed by atoms with Crippen LogP contribution in [0, 0.1) is 12.3 Å². The summed E-state index contributed by atoms with van der Waals surface area (Å²) in [6.07, 6.45) is 0. The van der Waals surface area contributed by atoms with Gasteiger partial charge in [0, 0.05) is 8.95 Å². The van der Waals surface area contributed by atoms with E-state index in [9.17, 15) is 0 Å². The molecule has 0 unspecified atom stereocenters. The Labute approximate surface area is 128 Å². The van der Waals surface area contributed by atoms with Crippen molar-refractivity contribution in [3.05, 3.63) is 56.5 Å². The minimum absolute atomic E-state index is 0.0323. The molecule has 0 aromatic heterocycles. The quantitative estimate of drug-likeness (QED) is 0.601. The molecule has 2 aromatic carbocycles. The molecule has 0 fully saturated rings. The van der Waals surface area contributed by atoms with Gasteiger partial charge in [-0.1, -0.05) is 28.1 Å². The number of hydrogen-bond acceptors (Lipinski definition) is 2. The SMILES string of the molecule is Cc1ccc(Br)cc1Oc1cccc(Br)c1C(=N)N. The number of benzene rings is 2. The van der Waals surface area contributed by atoms with E-state index in [1.165, 1.54) is 0 Å². The van der Waals surface area contributed by atoms with Gasteiger partial charge in [-0.2, -0.15) is 0 Å². The molecule has 0 radical (unpaired) electrons. The summed E-state index contributed by atoms with van der Waals surface area (Å²) < 4.78 is 7.56. The van der Waals surface area contributed by atoms with Gasteiger partial charge in [0.2, 0.25) is 0 Å². The van der Waals surface area contributed by atoms with E-state index in [0.29, 0.717) is 11.3 Å². The highest BCUT2D eigenvalue weighted by Gasteiger charge is 2.12. The van der Waals surface area contributed by atoms with Gasteiger partial charge < -0.3 is 10.5 Å². The van der Waals surface area contributed by atoms with E-state index in [1.807, 2.05) is 37.3 Å². The Bertz CT molecular complexity index is 641. The summed E-state index contributed by atoms with van der Waals surface area (Å²) in [6, 6.07) is 11.3. The van der Waals surface area contributed by atoms with Crippen molar-refractivity contribution in [3.8, 4) is 11.5 Å². The van der Waals surface area contributed by atoms with Crippen molar-refractivity contribution in [2.24, 2.45) is 5.73 Å². The molecule has 0 amide bonds. The summed E-state index contributed by atoms with van der Waals surface area (Å²) >= 11 is 6.80. The highest BCUT2D eigenvalue weighted by Crippen LogP contribution is 2.33. The van der Waals surface area contributed by atoms with Crippen LogP contribution in [0.2, 0.25) is 0 Å². The average Bonchev–Trinajstić information content (AvgIpc) is 2.33. The Morgan fingerprint density at radius 3 is 2.58 bits per heavy atom. The Morgan fingerprint density at radius 2 is 1.89 bits per heavy atom. The Balaban J connectivity index is 2.46. The molecule has 0 atom stereocenters. The normalized spacial score (nSPS) is 10.3. The highest BCUT2D eigenvalue weighted by atomic mass is 79.9. The lowest BCUT2D eigenvalue weighted by molar-refractivity contribution is 0.477. The van der Waals surface area contributed by atoms with E-state index >= 15 is 0 Å². The van der Waals surface area contributed by atoms with Crippen molar-refractivity contribution in [1.29, 1.82) is 5.41 Å². The molecule has 0 aliphatic rings. The predicted octanol–water partition coefficient (Wildman–Crippen LogP) is 4.60. The van der Waals surface area contributed by atoms with Gasteiger partial charge in [0.1, 0.15) is 17.3 Å². The van der Waals surface area contributed by atoms with E-state index in [-0.39, 0.29) is 5.84 Å². The van der Waals surface area contributed by atoms with Crippen LogP contribution in [0.4, 0.5) is 0 Å². The fourth-order valence-corrected chi connectivity index (χ4v) is 2.55. The van der Waals surface area contributed by atoms with Gasteiger partial charge in [0.15, 0.2) is 0 Å². The average molecular weight is 384 g/mol. The summed E-state index contributed by atoms with van der Waals surface area (Å²) in [5.74, 6) is 1.26. The lowest BCUT2D eigenvalue weighted by atomic mass is 10.1. The van der Waals surface area contributed by atoms with E-state index in [1.54, 1.807) is 6.07 Å². The molecule has 0 aliphatic carbocycles. The second-order valence-electron chi connectivity index (χ2n) is 4.04. The number of nitrogen functional groups attached to an aromatic ring is 1. The Kier molecular flexibility index (Phi) is 4.27. The first-order valence-corrected chi connectivity index (χ1v) is 7.14. The molecule has 2 aromatic rings. The summed E-state index contributed by atoms with van der Waals surface area (Å²) in [5.41, 5.74) is 7.17. The van der Waals surface area contributed by atoms with Gasteiger partial charge in [-0.15, -0.1) is 0 Å². The van der Waals surface area contributed by atoms with Gasteiger partial charge in [-0.05, 0) is 52.7 Å². The van der Waals surface area contributed by atoms with Crippen LogP contribution >= 0.6 is 31.9 Å². The molecule has 98 valence electrons. The molecule has 0 aliphatic heterocycles. The van der Waals surface area contributed by atoms with Gasteiger partial charge in [-0.3, -0.25) is 5.41 Å². The third-order valence-electron chi connectivity index (χ3n) is 2.61. The van der Waals surface area contributed by atoms with Crippen LogP contribution in [-0.4, -0.2) is 5.84 Å². The van der Waals surface area contributed by atoms with Crippen molar-refractivity contribution < 1.29 is 4.74 Å². The van der Waals surface area contributed by atoms with Gasteiger partial charge in [0.25, 0.3) is 0 Å². The number of hydrogen-bond donors (Lipinski definition) is 2. The topological polar surface area (TPSA) is 59.1 Å². The molecular weight excluding hydrogens is 372 g/mol. The van der Waals surface area contributed by atoms with Crippen LogP contribution in [0.1, 0.15) is 11.1 Å². The number of rotatable bonds is 3. The maximum absolute atomic E-state index is 7.64. The fraction of sp³-hybridized carbons (Fsp3) is 0.0714. The highest BCUT2D eigenvalue weighted by molar-refractivity contribution is 9.10. The van der Waals surface area contributed by atoms with Crippen molar-refractivity contribution in [2.75, 3.05) is 0 Å². The number of ether oxygens (including phenoxy) is 1. The summed E-state index contributed by atoms with van der Waals surface area (Å²) in [6.45, 7) is 1.97. The largest absolute Gasteiger partial charge is 0.456 e. The van der Waals surface area contributed by atoms with Crippen molar-refractivity contribution in [2.45, 2.75) is 6.92 Å². The van der Waals surface area contributed by atoms with E-state index in [0.717, 1.165) is 20.3 Å². The van der Waals surface area contributed by atoms with E-state index in [4.69, 9.17) is 15.9 Å². The van der Waals surface area contributed by atoms with Gasteiger partial charge >= 0.3 is 0 Å². The van der Waals surface area contributed by atoms with Gasteiger partial charge in [0.05, 0.1) is 5.56 Å². The number of nitrogens with one attached hydrogen (secondary N) is 1. The molecule has 0 heterocycles. The van der Waals surface area contributed by atoms with Crippen LogP contribution < -0.4 is 10.5 Å². The molecule has 5 heteroatoms. The monoisotopic (exact) mass is 382 g/mol. The number of nitrogens with two attached hydrogens (primary N) is 1.